The molecule has 1 aliphatic heterocycles. The summed E-state index contributed by atoms with van der Waals surface area (Å²) in [7, 11) is 6.09. The molecule has 100 valence electrons. The number of piperidine rings is 1. The molecule has 0 aromatic heterocycles. The molecular weight excluding hydrogens is 240 g/mol. The fraction of sp³-hybridized carbons (Fsp3) is 0.909. The summed E-state index contributed by atoms with van der Waals surface area (Å²) >= 11 is 1.65. The van der Waals surface area contributed by atoms with Crippen molar-refractivity contribution < 1.29 is 19.1 Å². The van der Waals surface area contributed by atoms with Gasteiger partial charge in [0, 0.05) is 12.9 Å². The second kappa shape index (κ2) is 6.04. The first-order valence-corrected chi connectivity index (χ1v) is 6.83. The first-order valence-electron chi connectivity index (χ1n) is 5.79. The van der Waals surface area contributed by atoms with E-state index in [1.165, 1.54) is 0 Å². The standard InChI is InChI=1S/C11H22N2O3S/c1-13(2)5-8(16-3)4-9(6-13)17-7-10(12)11(14)15/h8-10H,4-7,12H2,1-3H3/p+1/t8-,9+,10-/m0/s1. The zero-order valence-corrected chi connectivity index (χ0v) is 11.6. The van der Waals surface area contributed by atoms with Gasteiger partial charge in [-0.15, -0.1) is 0 Å². The van der Waals surface area contributed by atoms with Gasteiger partial charge in [0.1, 0.15) is 18.7 Å². The third-order valence-electron chi connectivity index (χ3n) is 3.08. The lowest BCUT2D eigenvalue weighted by Crippen LogP contribution is -2.55. The van der Waals surface area contributed by atoms with E-state index in [-0.39, 0.29) is 6.10 Å². The summed E-state index contributed by atoms with van der Waals surface area (Å²) < 4.78 is 6.35. The van der Waals surface area contributed by atoms with Gasteiger partial charge in [0.2, 0.25) is 0 Å². The summed E-state index contributed by atoms with van der Waals surface area (Å²) in [4.78, 5) is 10.7. The molecular formula is C11H23N2O3S+. The van der Waals surface area contributed by atoms with Crippen LogP contribution in [0.2, 0.25) is 0 Å². The van der Waals surface area contributed by atoms with E-state index in [1.54, 1.807) is 18.9 Å². The van der Waals surface area contributed by atoms with E-state index in [2.05, 4.69) is 14.1 Å². The summed E-state index contributed by atoms with van der Waals surface area (Å²) in [5, 5.41) is 9.17. The highest BCUT2D eigenvalue weighted by Crippen LogP contribution is 2.26. The van der Waals surface area contributed by atoms with E-state index in [4.69, 9.17) is 15.6 Å². The van der Waals surface area contributed by atoms with Crippen molar-refractivity contribution in [2.24, 2.45) is 5.73 Å². The molecule has 3 N–H and O–H groups in total. The van der Waals surface area contributed by atoms with Crippen LogP contribution in [0.15, 0.2) is 0 Å². The molecule has 0 radical (unpaired) electrons. The molecule has 0 amide bonds. The smallest absolute Gasteiger partial charge is 0.321 e. The van der Waals surface area contributed by atoms with Crippen molar-refractivity contribution >= 4 is 17.7 Å². The molecule has 0 bridgehead atoms. The van der Waals surface area contributed by atoms with E-state index in [0.717, 1.165) is 24.0 Å². The maximum absolute atomic E-state index is 10.7. The number of hydrogen-bond acceptors (Lipinski definition) is 4. The predicted molar refractivity (Wildman–Crippen MR) is 69.1 cm³/mol. The van der Waals surface area contributed by atoms with Crippen LogP contribution in [0.5, 0.6) is 0 Å². The molecule has 1 saturated heterocycles. The van der Waals surface area contributed by atoms with Crippen LogP contribution in [0.1, 0.15) is 6.42 Å². The number of likely N-dealkylation sites (N-methyl/N-ethyl adjacent to an activating group) is 1. The largest absolute Gasteiger partial charge is 0.480 e. The Kier molecular flexibility index (Phi) is 5.24. The van der Waals surface area contributed by atoms with Crippen molar-refractivity contribution in [2.45, 2.75) is 23.8 Å². The first-order chi connectivity index (χ1) is 7.84. The van der Waals surface area contributed by atoms with Crippen molar-refractivity contribution in [3.05, 3.63) is 0 Å². The van der Waals surface area contributed by atoms with E-state index >= 15 is 0 Å². The van der Waals surface area contributed by atoms with Crippen LogP contribution < -0.4 is 5.73 Å². The minimum atomic E-state index is -0.926. The van der Waals surface area contributed by atoms with Crippen LogP contribution in [-0.4, -0.2) is 73.0 Å². The van der Waals surface area contributed by atoms with Gasteiger partial charge in [-0.2, -0.15) is 11.8 Å². The van der Waals surface area contributed by atoms with Crippen LogP contribution in [0.25, 0.3) is 0 Å². The number of ether oxygens (including phenoxy) is 1. The maximum Gasteiger partial charge on any atom is 0.321 e. The lowest BCUT2D eigenvalue weighted by atomic mass is 10.1. The number of likely N-dealkylation sites (tertiary alicyclic amines) is 1. The molecule has 1 aliphatic rings. The van der Waals surface area contributed by atoms with Gasteiger partial charge >= 0.3 is 5.97 Å². The van der Waals surface area contributed by atoms with Gasteiger partial charge in [-0.05, 0) is 6.42 Å². The number of aliphatic carboxylic acids is 1. The van der Waals surface area contributed by atoms with Gasteiger partial charge in [0.05, 0.1) is 25.9 Å². The number of nitrogens with two attached hydrogens (primary N) is 1. The maximum atomic E-state index is 10.7. The molecule has 0 saturated carbocycles. The third-order valence-corrected chi connectivity index (χ3v) is 4.45. The van der Waals surface area contributed by atoms with Crippen molar-refractivity contribution in [1.29, 1.82) is 0 Å². The number of carboxylic acids is 1. The molecule has 0 aliphatic carbocycles. The summed E-state index contributed by atoms with van der Waals surface area (Å²) in [5.74, 6) is -0.457. The molecule has 1 rings (SSSR count). The Morgan fingerprint density at radius 1 is 1.59 bits per heavy atom. The summed E-state index contributed by atoms with van der Waals surface area (Å²) in [6.45, 7) is 2.05. The zero-order chi connectivity index (χ0) is 13.1. The fourth-order valence-corrected chi connectivity index (χ4v) is 3.70. The second-order valence-electron chi connectivity index (χ2n) is 5.29. The summed E-state index contributed by atoms with van der Waals surface area (Å²) in [6.07, 6.45) is 1.24. The highest BCUT2D eigenvalue weighted by atomic mass is 32.2. The third kappa shape index (κ3) is 4.83. The van der Waals surface area contributed by atoms with Crippen molar-refractivity contribution in [1.82, 2.24) is 0 Å². The fourth-order valence-electron chi connectivity index (χ4n) is 2.22. The van der Waals surface area contributed by atoms with Crippen LogP contribution in [0, 0.1) is 0 Å². The average Bonchev–Trinajstić information content (AvgIpc) is 2.23. The Morgan fingerprint density at radius 3 is 2.76 bits per heavy atom. The number of carboxylic acid groups (broad SMARTS) is 1. The Morgan fingerprint density at radius 2 is 2.24 bits per heavy atom. The minimum absolute atomic E-state index is 0.261. The number of rotatable bonds is 5. The topological polar surface area (TPSA) is 72.5 Å². The van der Waals surface area contributed by atoms with E-state index in [1.807, 2.05) is 0 Å². The van der Waals surface area contributed by atoms with Crippen LogP contribution in [0.3, 0.4) is 0 Å². The molecule has 0 unspecified atom stereocenters. The van der Waals surface area contributed by atoms with Crippen molar-refractivity contribution in [3.8, 4) is 0 Å². The lowest BCUT2D eigenvalue weighted by molar-refractivity contribution is -0.897. The number of methoxy groups -OCH3 is 1. The van der Waals surface area contributed by atoms with Crippen LogP contribution in [-0.2, 0) is 9.53 Å². The van der Waals surface area contributed by atoms with E-state index in [0.29, 0.717) is 11.0 Å². The Balaban J connectivity index is 2.45. The predicted octanol–water partition coefficient (Wildman–Crippen LogP) is -0.00480. The number of hydrogen-bond donors (Lipinski definition) is 2. The SMILES string of the molecule is CO[C@H]1C[C@@H](SC[C@H](N)C(=O)O)C[N+](C)(C)C1. The van der Waals surface area contributed by atoms with Gasteiger partial charge in [0.25, 0.3) is 0 Å². The molecule has 3 atom stereocenters. The Labute approximate surface area is 107 Å². The van der Waals surface area contributed by atoms with Gasteiger partial charge < -0.3 is 20.1 Å². The second-order valence-corrected chi connectivity index (χ2v) is 6.63. The monoisotopic (exact) mass is 263 g/mol. The van der Waals surface area contributed by atoms with Crippen molar-refractivity contribution in [2.75, 3.05) is 40.0 Å². The Bertz CT molecular complexity index is 273. The number of nitrogens with zero attached hydrogens (tertiary/aromatic N) is 1. The van der Waals surface area contributed by atoms with Crippen molar-refractivity contribution in [3.63, 3.8) is 0 Å². The molecule has 1 heterocycles. The molecule has 0 aromatic carbocycles. The van der Waals surface area contributed by atoms with E-state index in [9.17, 15) is 4.79 Å². The van der Waals surface area contributed by atoms with Crippen LogP contribution >= 0.6 is 11.8 Å². The molecule has 0 aromatic rings. The quantitative estimate of drug-likeness (QED) is 0.683. The number of carbonyl (C=O) groups is 1. The summed E-state index contributed by atoms with van der Waals surface area (Å²) in [6, 6.07) is -0.765. The zero-order valence-electron chi connectivity index (χ0n) is 10.8. The normalized spacial score (nSPS) is 29.9. The lowest BCUT2D eigenvalue weighted by Gasteiger charge is -2.41. The number of thioether (sulfide) groups is 1. The molecule has 17 heavy (non-hydrogen) atoms. The minimum Gasteiger partial charge on any atom is -0.480 e. The summed E-state index contributed by atoms with van der Waals surface area (Å²) in [5.41, 5.74) is 5.51. The average molecular weight is 263 g/mol. The van der Waals surface area contributed by atoms with E-state index < -0.39 is 12.0 Å². The highest BCUT2D eigenvalue weighted by Gasteiger charge is 2.34. The van der Waals surface area contributed by atoms with Gasteiger partial charge in [-0.25, -0.2) is 0 Å². The van der Waals surface area contributed by atoms with Gasteiger partial charge in [0.15, 0.2) is 0 Å². The molecule has 5 nitrogen and oxygen atoms in total. The Hall–Kier alpha value is -0.300. The van der Waals surface area contributed by atoms with Gasteiger partial charge in [-0.1, -0.05) is 0 Å². The highest BCUT2D eigenvalue weighted by molar-refractivity contribution is 8.00. The molecule has 0 spiro atoms. The molecule has 1 fully saturated rings. The first kappa shape index (κ1) is 14.8. The van der Waals surface area contributed by atoms with Gasteiger partial charge in [-0.3, -0.25) is 4.79 Å². The van der Waals surface area contributed by atoms with Crippen LogP contribution in [0.4, 0.5) is 0 Å². The molecule has 6 heteroatoms. The number of quaternary nitrogens is 1.